The number of rotatable bonds is 9. The van der Waals surface area contributed by atoms with E-state index in [0.717, 1.165) is 37.2 Å². The van der Waals surface area contributed by atoms with Crippen LogP contribution in [0.4, 0.5) is 5.69 Å². The fourth-order valence-electron chi connectivity index (χ4n) is 3.66. The summed E-state index contributed by atoms with van der Waals surface area (Å²) in [5, 5.41) is 0. The molecule has 9 heteroatoms. The Bertz CT molecular complexity index is 1090. The molecule has 2 aromatic rings. The fraction of sp³-hybridized carbons (Fsp3) is 0.348. The molecule has 0 amide bonds. The Morgan fingerprint density at radius 1 is 1.09 bits per heavy atom. The van der Waals surface area contributed by atoms with Crippen molar-refractivity contribution in [3.63, 3.8) is 0 Å². The number of carbonyl (C=O) groups is 1. The van der Waals surface area contributed by atoms with Gasteiger partial charge < -0.3 is 19.1 Å². The Morgan fingerprint density at radius 2 is 1.81 bits per heavy atom. The number of anilines is 1. The Morgan fingerprint density at radius 3 is 2.47 bits per heavy atom. The van der Waals surface area contributed by atoms with E-state index in [2.05, 4.69) is 14.4 Å². The third kappa shape index (κ3) is 5.41. The number of para-hydroxylation sites is 1. The van der Waals surface area contributed by atoms with Crippen molar-refractivity contribution >= 4 is 27.8 Å². The standard InChI is InChI=1S/C23H28N2O6S/c1-29-20-14-17(10-11-22(26)30-2)15-21(23(20)31-3)32(27,28)24-16-18-8-4-5-9-19(18)25-12-6-7-13-25/h4-5,8-11,14-15,24H,6-7,12-13,16H2,1-3H3/b11-10+. The van der Waals surface area contributed by atoms with Crippen LogP contribution in [0, 0.1) is 0 Å². The number of hydrogen-bond acceptors (Lipinski definition) is 7. The zero-order valence-corrected chi connectivity index (χ0v) is 19.3. The van der Waals surface area contributed by atoms with Gasteiger partial charge in [0.1, 0.15) is 4.90 Å². The summed E-state index contributed by atoms with van der Waals surface area (Å²) in [4.78, 5) is 13.6. The van der Waals surface area contributed by atoms with Gasteiger partial charge >= 0.3 is 5.97 Å². The molecule has 1 N–H and O–H groups in total. The van der Waals surface area contributed by atoms with Crippen molar-refractivity contribution in [2.24, 2.45) is 0 Å². The highest BCUT2D eigenvalue weighted by Gasteiger charge is 2.24. The third-order valence-corrected chi connectivity index (χ3v) is 6.67. The summed E-state index contributed by atoms with van der Waals surface area (Å²) in [7, 11) is 0.0976. The molecule has 1 heterocycles. The lowest BCUT2D eigenvalue weighted by Crippen LogP contribution is -2.26. The molecule has 2 aromatic carbocycles. The maximum atomic E-state index is 13.3. The van der Waals surface area contributed by atoms with Crippen LogP contribution in [0.5, 0.6) is 11.5 Å². The van der Waals surface area contributed by atoms with Crippen LogP contribution in [0.25, 0.3) is 6.08 Å². The van der Waals surface area contributed by atoms with E-state index in [1.807, 2.05) is 24.3 Å². The molecule has 0 spiro atoms. The van der Waals surface area contributed by atoms with E-state index >= 15 is 0 Å². The molecule has 1 saturated heterocycles. The van der Waals surface area contributed by atoms with Crippen LogP contribution in [-0.4, -0.2) is 48.8 Å². The number of methoxy groups -OCH3 is 3. The summed E-state index contributed by atoms with van der Waals surface area (Å²) in [6.45, 7) is 2.05. The topological polar surface area (TPSA) is 94.2 Å². The first-order valence-electron chi connectivity index (χ1n) is 10.2. The van der Waals surface area contributed by atoms with Crippen molar-refractivity contribution in [3.8, 4) is 11.5 Å². The molecule has 32 heavy (non-hydrogen) atoms. The summed E-state index contributed by atoms with van der Waals surface area (Å²) in [5.41, 5.74) is 2.38. The van der Waals surface area contributed by atoms with Crippen molar-refractivity contribution in [2.45, 2.75) is 24.3 Å². The molecule has 0 saturated carbocycles. The Labute approximate surface area is 188 Å². The largest absolute Gasteiger partial charge is 0.493 e. The number of carbonyl (C=O) groups excluding carboxylic acids is 1. The lowest BCUT2D eigenvalue weighted by molar-refractivity contribution is -0.134. The molecule has 0 radical (unpaired) electrons. The van der Waals surface area contributed by atoms with E-state index in [4.69, 9.17) is 9.47 Å². The molecular weight excluding hydrogens is 432 g/mol. The molecule has 0 bridgehead atoms. The van der Waals surface area contributed by atoms with Crippen molar-refractivity contribution < 1.29 is 27.4 Å². The van der Waals surface area contributed by atoms with E-state index in [0.29, 0.717) is 5.56 Å². The maximum Gasteiger partial charge on any atom is 0.330 e. The summed E-state index contributed by atoms with van der Waals surface area (Å²) >= 11 is 0. The second-order valence-electron chi connectivity index (χ2n) is 7.26. The van der Waals surface area contributed by atoms with Gasteiger partial charge in [0.05, 0.1) is 21.3 Å². The number of esters is 1. The predicted octanol–water partition coefficient (Wildman–Crippen LogP) is 2.97. The average molecular weight is 461 g/mol. The van der Waals surface area contributed by atoms with Crippen LogP contribution in [0.2, 0.25) is 0 Å². The van der Waals surface area contributed by atoms with Crippen LogP contribution in [0.3, 0.4) is 0 Å². The van der Waals surface area contributed by atoms with Crippen LogP contribution < -0.4 is 19.1 Å². The van der Waals surface area contributed by atoms with E-state index in [1.54, 1.807) is 6.07 Å². The number of benzene rings is 2. The molecule has 0 unspecified atom stereocenters. The van der Waals surface area contributed by atoms with Gasteiger partial charge in [-0.1, -0.05) is 18.2 Å². The highest BCUT2D eigenvalue weighted by atomic mass is 32.2. The van der Waals surface area contributed by atoms with E-state index < -0.39 is 16.0 Å². The van der Waals surface area contributed by atoms with Crippen LogP contribution in [0.1, 0.15) is 24.0 Å². The van der Waals surface area contributed by atoms with Crippen LogP contribution in [0.15, 0.2) is 47.4 Å². The number of nitrogens with zero attached hydrogens (tertiary/aromatic N) is 1. The van der Waals surface area contributed by atoms with Gasteiger partial charge in [-0.25, -0.2) is 17.9 Å². The molecule has 1 aliphatic rings. The number of sulfonamides is 1. The zero-order chi connectivity index (χ0) is 23.1. The minimum absolute atomic E-state index is 0.0810. The normalized spacial score (nSPS) is 14.0. The van der Waals surface area contributed by atoms with Gasteiger partial charge in [0.15, 0.2) is 11.5 Å². The van der Waals surface area contributed by atoms with Gasteiger partial charge in [0, 0.05) is 31.4 Å². The third-order valence-electron chi connectivity index (χ3n) is 5.26. The molecule has 1 aliphatic heterocycles. The smallest absolute Gasteiger partial charge is 0.330 e. The van der Waals surface area contributed by atoms with Gasteiger partial charge in [-0.2, -0.15) is 0 Å². The molecule has 1 fully saturated rings. The van der Waals surface area contributed by atoms with E-state index in [-0.39, 0.29) is 22.9 Å². The summed E-state index contributed by atoms with van der Waals surface area (Å²) in [6.07, 6.45) is 4.92. The summed E-state index contributed by atoms with van der Waals surface area (Å²) in [5.74, 6) is -0.235. The molecule has 172 valence electrons. The van der Waals surface area contributed by atoms with Crippen LogP contribution >= 0.6 is 0 Å². The monoisotopic (exact) mass is 460 g/mol. The fourth-order valence-corrected chi connectivity index (χ4v) is 4.88. The van der Waals surface area contributed by atoms with Crippen LogP contribution in [-0.2, 0) is 26.1 Å². The van der Waals surface area contributed by atoms with E-state index in [1.165, 1.54) is 39.5 Å². The minimum Gasteiger partial charge on any atom is -0.493 e. The average Bonchev–Trinajstić information content (AvgIpc) is 3.35. The molecule has 8 nitrogen and oxygen atoms in total. The first-order chi connectivity index (χ1) is 15.4. The Kier molecular flexibility index (Phi) is 7.76. The first-order valence-corrected chi connectivity index (χ1v) is 11.7. The molecule has 0 atom stereocenters. The van der Waals surface area contributed by atoms with Crippen molar-refractivity contribution in [1.82, 2.24) is 4.72 Å². The van der Waals surface area contributed by atoms with Gasteiger partial charge in [-0.3, -0.25) is 0 Å². The number of hydrogen-bond donors (Lipinski definition) is 1. The second kappa shape index (κ2) is 10.5. The van der Waals surface area contributed by atoms with Crippen molar-refractivity contribution in [1.29, 1.82) is 0 Å². The highest BCUT2D eigenvalue weighted by Crippen LogP contribution is 2.36. The Balaban J connectivity index is 1.92. The van der Waals surface area contributed by atoms with Crippen molar-refractivity contribution in [2.75, 3.05) is 39.3 Å². The summed E-state index contributed by atoms with van der Waals surface area (Å²) in [6, 6.07) is 10.8. The minimum atomic E-state index is -3.96. The van der Waals surface area contributed by atoms with Crippen molar-refractivity contribution in [3.05, 3.63) is 53.6 Å². The molecule has 3 rings (SSSR count). The van der Waals surface area contributed by atoms with Gasteiger partial charge in [0.2, 0.25) is 10.0 Å². The molecule has 0 aliphatic carbocycles. The summed E-state index contributed by atoms with van der Waals surface area (Å²) < 4.78 is 44.5. The lowest BCUT2D eigenvalue weighted by atomic mass is 10.1. The lowest BCUT2D eigenvalue weighted by Gasteiger charge is -2.22. The maximum absolute atomic E-state index is 13.3. The van der Waals surface area contributed by atoms with Gasteiger partial charge in [-0.05, 0) is 48.2 Å². The van der Waals surface area contributed by atoms with E-state index in [9.17, 15) is 13.2 Å². The molecular formula is C23H28N2O6S. The number of ether oxygens (including phenoxy) is 3. The number of nitrogens with one attached hydrogen (secondary N) is 1. The molecule has 0 aromatic heterocycles. The Hall–Kier alpha value is -3.04. The van der Waals surface area contributed by atoms with Gasteiger partial charge in [-0.15, -0.1) is 0 Å². The quantitative estimate of drug-likeness (QED) is 0.454. The SMILES string of the molecule is COC(=O)/C=C/c1cc(OC)c(OC)c(S(=O)(=O)NCc2ccccc2N2CCCC2)c1. The zero-order valence-electron chi connectivity index (χ0n) is 18.5. The highest BCUT2D eigenvalue weighted by molar-refractivity contribution is 7.89. The second-order valence-corrected chi connectivity index (χ2v) is 8.99. The van der Waals surface area contributed by atoms with Gasteiger partial charge in [0.25, 0.3) is 0 Å². The first kappa shape index (κ1) is 23.6. The predicted molar refractivity (Wildman–Crippen MR) is 123 cm³/mol.